The lowest BCUT2D eigenvalue weighted by atomic mass is 10.1. The zero-order valence-electron chi connectivity index (χ0n) is 12.4. The Labute approximate surface area is 125 Å². The van der Waals surface area contributed by atoms with Crippen molar-refractivity contribution in [3.63, 3.8) is 0 Å². The van der Waals surface area contributed by atoms with Crippen molar-refractivity contribution in [1.29, 1.82) is 0 Å². The van der Waals surface area contributed by atoms with Crippen LogP contribution in [0.15, 0.2) is 23.6 Å². The molecule has 0 unspecified atom stereocenters. The van der Waals surface area contributed by atoms with E-state index in [1.54, 1.807) is 11.3 Å². The SMILES string of the molecule is CCCNCc1c(C)cc(C)nc1OCc1cccs1. The van der Waals surface area contributed by atoms with Crippen LogP contribution in [0.4, 0.5) is 0 Å². The van der Waals surface area contributed by atoms with E-state index < -0.39 is 0 Å². The maximum Gasteiger partial charge on any atom is 0.218 e. The van der Waals surface area contributed by atoms with Gasteiger partial charge in [-0.1, -0.05) is 13.0 Å². The molecule has 3 nitrogen and oxygen atoms in total. The fraction of sp³-hybridized carbons (Fsp3) is 0.438. The van der Waals surface area contributed by atoms with Crippen LogP contribution in [-0.2, 0) is 13.2 Å². The molecule has 0 aliphatic carbocycles. The Morgan fingerprint density at radius 2 is 2.20 bits per heavy atom. The van der Waals surface area contributed by atoms with Crippen molar-refractivity contribution in [2.24, 2.45) is 0 Å². The van der Waals surface area contributed by atoms with E-state index in [9.17, 15) is 0 Å². The number of hydrogen-bond donors (Lipinski definition) is 1. The van der Waals surface area contributed by atoms with Crippen LogP contribution in [-0.4, -0.2) is 11.5 Å². The van der Waals surface area contributed by atoms with Crippen molar-refractivity contribution in [3.05, 3.63) is 45.3 Å². The van der Waals surface area contributed by atoms with E-state index in [0.29, 0.717) is 6.61 Å². The van der Waals surface area contributed by atoms with Crippen LogP contribution in [0.25, 0.3) is 0 Å². The monoisotopic (exact) mass is 290 g/mol. The summed E-state index contributed by atoms with van der Waals surface area (Å²) < 4.78 is 5.93. The average molecular weight is 290 g/mol. The van der Waals surface area contributed by atoms with Crippen LogP contribution in [0.3, 0.4) is 0 Å². The Morgan fingerprint density at radius 1 is 1.35 bits per heavy atom. The lowest BCUT2D eigenvalue weighted by Crippen LogP contribution is -2.16. The largest absolute Gasteiger partial charge is 0.472 e. The van der Waals surface area contributed by atoms with E-state index >= 15 is 0 Å². The summed E-state index contributed by atoms with van der Waals surface area (Å²) in [6, 6.07) is 6.24. The van der Waals surface area contributed by atoms with Gasteiger partial charge in [0.05, 0.1) is 0 Å². The predicted molar refractivity (Wildman–Crippen MR) is 84.4 cm³/mol. The van der Waals surface area contributed by atoms with Gasteiger partial charge in [0, 0.05) is 22.7 Å². The number of nitrogens with zero attached hydrogens (tertiary/aromatic N) is 1. The summed E-state index contributed by atoms with van der Waals surface area (Å²) in [5.74, 6) is 0.763. The molecule has 0 aliphatic heterocycles. The third kappa shape index (κ3) is 4.05. The molecular formula is C16H22N2OS. The maximum absolute atomic E-state index is 5.93. The van der Waals surface area contributed by atoms with Gasteiger partial charge in [0.15, 0.2) is 0 Å². The summed E-state index contributed by atoms with van der Waals surface area (Å²) in [4.78, 5) is 5.78. The van der Waals surface area contributed by atoms with Gasteiger partial charge in [-0.2, -0.15) is 0 Å². The van der Waals surface area contributed by atoms with Gasteiger partial charge in [-0.3, -0.25) is 0 Å². The van der Waals surface area contributed by atoms with E-state index in [0.717, 1.165) is 31.1 Å². The zero-order chi connectivity index (χ0) is 14.4. The second kappa shape index (κ2) is 7.41. The minimum atomic E-state index is 0.592. The second-order valence-corrected chi connectivity index (χ2v) is 5.94. The molecule has 2 aromatic heterocycles. The summed E-state index contributed by atoms with van der Waals surface area (Å²) in [6.45, 7) is 8.71. The highest BCUT2D eigenvalue weighted by Crippen LogP contribution is 2.22. The Morgan fingerprint density at radius 3 is 2.90 bits per heavy atom. The number of aromatic nitrogens is 1. The average Bonchev–Trinajstić information content (AvgIpc) is 2.92. The molecule has 4 heteroatoms. The first-order valence-corrected chi connectivity index (χ1v) is 7.91. The summed E-state index contributed by atoms with van der Waals surface area (Å²) >= 11 is 1.71. The van der Waals surface area contributed by atoms with E-state index in [2.05, 4.69) is 41.7 Å². The summed E-state index contributed by atoms with van der Waals surface area (Å²) in [5.41, 5.74) is 3.41. The molecule has 0 fully saturated rings. The molecule has 0 bridgehead atoms. The van der Waals surface area contributed by atoms with Crippen LogP contribution in [0.1, 0.15) is 35.0 Å². The fourth-order valence-electron chi connectivity index (χ4n) is 2.09. The van der Waals surface area contributed by atoms with Gasteiger partial charge < -0.3 is 10.1 Å². The number of aryl methyl sites for hydroxylation is 2. The van der Waals surface area contributed by atoms with Crippen molar-refractivity contribution >= 4 is 11.3 Å². The first-order chi connectivity index (χ1) is 9.70. The molecule has 0 amide bonds. The van der Waals surface area contributed by atoms with E-state index in [-0.39, 0.29) is 0 Å². The summed E-state index contributed by atoms with van der Waals surface area (Å²) in [6.07, 6.45) is 1.13. The molecule has 0 saturated carbocycles. The molecule has 0 atom stereocenters. The molecule has 2 aromatic rings. The van der Waals surface area contributed by atoms with Crippen LogP contribution in [0.2, 0.25) is 0 Å². The second-order valence-electron chi connectivity index (χ2n) is 4.91. The number of hydrogen-bond acceptors (Lipinski definition) is 4. The minimum Gasteiger partial charge on any atom is -0.472 e. The fourth-order valence-corrected chi connectivity index (χ4v) is 2.70. The molecule has 0 aromatic carbocycles. The zero-order valence-corrected chi connectivity index (χ0v) is 13.2. The van der Waals surface area contributed by atoms with Crippen molar-refractivity contribution < 1.29 is 4.74 Å². The molecule has 1 N–H and O–H groups in total. The summed E-state index contributed by atoms with van der Waals surface area (Å²) in [7, 11) is 0. The van der Waals surface area contributed by atoms with Gasteiger partial charge in [-0.25, -0.2) is 4.98 Å². The lowest BCUT2D eigenvalue weighted by molar-refractivity contribution is 0.292. The van der Waals surface area contributed by atoms with E-state index in [1.165, 1.54) is 16.0 Å². The Kier molecular flexibility index (Phi) is 5.56. The molecule has 108 valence electrons. The highest BCUT2D eigenvalue weighted by molar-refractivity contribution is 7.09. The van der Waals surface area contributed by atoms with Gasteiger partial charge in [0.25, 0.3) is 0 Å². The molecule has 2 heterocycles. The lowest BCUT2D eigenvalue weighted by Gasteiger charge is -2.14. The van der Waals surface area contributed by atoms with Crippen LogP contribution in [0, 0.1) is 13.8 Å². The molecule has 0 spiro atoms. The molecular weight excluding hydrogens is 268 g/mol. The van der Waals surface area contributed by atoms with Gasteiger partial charge in [0.2, 0.25) is 5.88 Å². The molecule has 0 saturated heterocycles. The number of pyridine rings is 1. The molecule has 20 heavy (non-hydrogen) atoms. The maximum atomic E-state index is 5.93. The van der Waals surface area contributed by atoms with Crippen molar-refractivity contribution in [2.75, 3.05) is 6.54 Å². The third-order valence-electron chi connectivity index (χ3n) is 3.10. The first kappa shape index (κ1) is 15.0. The smallest absolute Gasteiger partial charge is 0.218 e. The summed E-state index contributed by atoms with van der Waals surface area (Å²) in [5, 5.41) is 5.49. The third-order valence-corrected chi connectivity index (χ3v) is 3.95. The predicted octanol–water partition coefficient (Wildman–Crippen LogP) is 3.84. The normalized spacial score (nSPS) is 10.8. The van der Waals surface area contributed by atoms with Gasteiger partial charge in [0.1, 0.15) is 6.61 Å². The Balaban J connectivity index is 2.11. The standard InChI is InChI=1S/C16H22N2OS/c1-4-7-17-10-15-12(2)9-13(3)18-16(15)19-11-14-6-5-8-20-14/h5-6,8-9,17H,4,7,10-11H2,1-3H3. The number of rotatable bonds is 7. The first-order valence-electron chi connectivity index (χ1n) is 7.03. The Bertz CT molecular complexity index is 538. The van der Waals surface area contributed by atoms with Crippen LogP contribution >= 0.6 is 11.3 Å². The molecule has 0 radical (unpaired) electrons. The van der Waals surface area contributed by atoms with Crippen molar-refractivity contribution in [2.45, 2.75) is 40.3 Å². The highest BCUT2D eigenvalue weighted by atomic mass is 32.1. The number of nitrogens with one attached hydrogen (secondary N) is 1. The van der Waals surface area contributed by atoms with E-state index in [4.69, 9.17) is 4.74 Å². The van der Waals surface area contributed by atoms with Gasteiger partial charge in [-0.05, 0) is 49.9 Å². The van der Waals surface area contributed by atoms with Crippen LogP contribution in [0.5, 0.6) is 5.88 Å². The van der Waals surface area contributed by atoms with Crippen LogP contribution < -0.4 is 10.1 Å². The quantitative estimate of drug-likeness (QED) is 0.787. The van der Waals surface area contributed by atoms with E-state index in [1.807, 2.05) is 13.0 Å². The number of thiophene rings is 1. The van der Waals surface area contributed by atoms with Crippen molar-refractivity contribution in [1.82, 2.24) is 10.3 Å². The topological polar surface area (TPSA) is 34.2 Å². The van der Waals surface area contributed by atoms with Gasteiger partial charge >= 0.3 is 0 Å². The van der Waals surface area contributed by atoms with Crippen molar-refractivity contribution in [3.8, 4) is 5.88 Å². The number of ether oxygens (including phenoxy) is 1. The van der Waals surface area contributed by atoms with Gasteiger partial charge in [-0.15, -0.1) is 11.3 Å². The Hall–Kier alpha value is -1.39. The molecule has 0 aliphatic rings. The molecule has 2 rings (SSSR count). The highest BCUT2D eigenvalue weighted by Gasteiger charge is 2.10. The minimum absolute atomic E-state index is 0.592.